The minimum absolute atomic E-state index is 0.0106. The van der Waals surface area contributed by atoms with Crippen LogP contribution in [-0.4, -0.2) is 81.0 Å². The minimum Gasteiger partial charge on any atom is -0.340 e. The van der Waals surface area contributed by atoms with Crippen LogP contribution in [0.25, 0.3) is 0 Å². The third-order valence-electron chi connectivity index (χ3n) is 4.46. The van der Waals surface area contributed by atoms with E-state index in [0.29, 0.717) is 19.5 Å². The first-order chi connectivity index (χ1) is 11.8. The maximum absolute atomic E-state index is 12.9. The van der Waals surface area contributed by atoms with Gasteiger partial charge in [0.15, 0.2) is 0 Å². The molecule has 1 fully saturated rings. The molecular weight excluding hydrogens is 345 g/mol. The van der Waals surface area contributed by atoms with E-state index in [1.807, 2.05) is 7.05 Å². The van der Waals surface area contributed by atoms with Gasteiger partial charge in [-0.3, -0.25) is 4.79 Å². The van der Waals surface area contributed by atoms with Gasteiger partial charge in [-0.05, 0) is 31.2 Å². The van der Waals surface area contributed by atoms with E-state index in [1.165, 1.54) is 16.4 Å². The van der Waals surface area contributed by atoms with Crippen molar-refractivity contribution >= 4 is 15.9 Å². The molecule has 0 N–H and O–H groups in total. The van der Waals surface area contributed by atoms with Gasteiger partial charge < -0.3 is 9.80 Å². The molecule has 8 heteroatoms. The molecule has 0 aliphatic carbocycles. The molecule has 1 heterocycles. The fourth-order valence-corrected chi connectivity index (χ4v) is 3.63. The monoisotopic (exact) mass is 371 g/mol. The van der Waals surface area contributed by atoms with Crippen LogP contribution < -0.4 is 0 Å². The maximum atomic E-state index is 12.9. The molecule has 0 radical (unpaired) electrons. The van der Waals surface area contributed by atoms with Crippen molar-refractivity contribution in [1.29, 1.82) is 0 Å². The zero-order chi connectivity index (χ0) is 18.4. The van der Waals surface area contributed by atoms with Crippen molar-refractivity contribution in [3.8, 4) is 0 Å². The number of rotatable bonds is 7. The molecule has 6 nitrogen and oxygen atoms in total. The van der Waals surface area contributed by atoms with E-state index in [4.69, 9.17) is 0 Å². The third kappa shape index (κ3) is 6.37. The van der Waals surface area contributed by atoms with Crippen LogP contribution in [0.15, 0.2) is 24.3 Å². The number of carbonyl (C=O) groups excluding carboxylic acids is 1. The first-order valence-corrected chi connectivity index (χ1v) is 10.3. The maximum Gasteiger partial charge on any atom is 0.223 e. The van der Waals surface area contributed by atoms with Crippen molar-refractivity contribution < 1.29 is 17.6 Å². The van der Waals surface area contributed by atoms with Crippen LogP contribution in [0.5, 0.6) is 0 Å². The van der Waals surface area contributed by atoms with E-state index in [2.05, 4.69) is 4.90 Å². The second-order valence-electron chi connectivity index (χ2n) is 6.47. The Hall–Kier alpha value is -1.51. The van der Waals surface area contributed by atoms with Crippen LogP contribution in [0.3, 0.4) is 0 Å². The highest BCUT2D eigenvalue weighted by Crippen LogP contribution is 2.09. The van der Waals surface area contributed by atoms with E-state index >= 15 is 0 Å². The van der Waals surface area contributed by atoms with Crippen LogP contribution in [0.2, 0.25) is 0 Å². The summed E-state index contributed by atoms with van der Waals surface area (Å²) in [6, 6.07) is 6.00. The zero-order valence-corrected chi connectivity index (χ0v) is 15.6. The topological polar surface area (TPSA) is 60.9 Å². The lowest BCUT2D eigenvalue weighted by atomic mass is 10.1. The van der Waals surface area contributed by atoms with Crippen LogP contribution >= 0.6 is 0 Å². The second kappa shape index (κ2) is 8.73. The average molecular weight is 371 g/mol. The van der Waals surface area contributed by atoms with Crippen molar-refractivity contribution in [1.82, 2.24) is 14.1 Å². The number of halogens is 1. The molecule has 1 amide bonds. The fourth-order valence-electron chi connectivity index (χ4n) is 2.78. The van der Waals surface area contributed by atoms with Gasteiger partial charge >= 0.3 is 0 Å². The molecular formula is C17H26FN3O3S. The summed E-state index contributed by atoms with van der Waals surface area (Å²) in [4.78, 5) is 16.2. The number of nitrogens with zero attached hydrogens (tertiary/aromatic N) is 3. The molecule has 1 aliphatic rings. The normalized spacial score (nSPS) is 16.4. The molecule has 1 aliphatic heterocycles. The highest BCUT2D eigenvalue weighted by atomic mass is 32.2. The number of piperazine rings is 1. The zero-order valence-electron chi connectivity index (χ0n) is 14.8. The largest absolute Gasteiger partial charge is 0.340 e. The Bertz CT molecular complexity index is 671. The minimum atomic E-state index is -3.40. The number of carbonyl (C=O) groups is 1. The lowest BCUT2D eigenvalue weighted by molar-refractivity contribution is -0.132. The molecule has 0 saturated carbocycles. The Kier molecular flexibility index (Phi) is 6.92. The molecule has 1 saturated heterocycles. The number of sulfonamides is 1. The lowest BCUT2D eigenvalue weighted by Crippen LogP contribution is -2.48. The SMILES string of the molecule is CN1CCN(C(=O)CCN(CCc2ccc(F)cc2)S(C)(=O)=O)CC1. The van der Waals surface area contributed by atoms with Gasteiger partial charge in [0, 0.05) is 45.7 Å². The number of hydrogen-bond acceptors (Lipinski definition) is 4. The molecule has 140 valence electrons. The van der Waals surface area contributed by atoms with E-state index in [0.717, 1.165) is 24.9 Å². The summed E-state index contributed by atoms with van der Waals surface area (Å²) in [6.07, 6.45) is 1.81. The Morgan fingerprint density at radius 2 is 1.72 bits per heavy atom. The van der Waals surface area contributed by atoms with E-state index in [9.17, 15) is 17.6 Å². The molecule has 25 heavy (non-hydrogen) atoms. The van der Waals surface area contributed by atoms with Gasteiger partial charge in [0.25, 0.3) is 0 Å². The molecule has 0 unspecified atom stereocenters. The molecule has 1 aromatic carbocycles. The highest BCUT2D eigenvalue weighted by molar-refractivity contribution is 7.88. The Labute approximate surface area is 149 Å². The summed E-state index contributed by atoms with van der Waals surface area (Å²) in [5.41, 5.74) is 0.862. The Balaban J connectivity index is 1.87. The van der Waals surface area contributed by atoms with Crippen molar-refractivity contribution in [2.75, 3.05) is 52.6 Å². The number of benzene rings is 1. The molecule has 0 spiro atoms. The van der Waals surface area contributed by atoms with E-state index in [-0.39, 0.29) is 31.2 Å². The summed E-state index contributed by atoms with van der Waals surface area (Å²) in [5, 5.41) is 0. The molecule has 0 atom stereocenters. The van der Waals surface area contributed by atoms with E-state index < -0.39 is 10.0 Å². The van der Waals surface area contributed by atoms with Gasteiger partial charge in [-0.2, -0.15) is 0 Å². The summed E-state index contributed by atoms with van der Waals surface area (Å²) in [5.74, 6) is -0.329. The van der Waals surface area contributed by atoms with Gasteiger partial charge in [0.2, 0.25) is 15.9 Å². The first kappa shape index (κ1) is 19.8. The standard InChI is InChI=1S/C17H26FN3O3S/c1-19-11-13-20(14-12-19)17(22)8-10-21(25(2,23)24)9-7-15-3-5-16(18)6-4-15/h3-6H,7-14H2,1-2H3. The quantitative estimate of drug-likeness (QED) is 0.711. The van der Waals surface area contributed by atoms with E-state index in [1.54, 1.807) is 17.0 Å². The fraction of sp³-hybridized carbons (Fsp3) is 0.588. The Morgan fingerprint density at radius 3 is 2.28 bits per heavy atom. The summed E-state index contributed by atoms with van der Waals surface area (Å²) in [7, 11) is -1.38. The molecule has 0 bridgehead atoms. The number of amides is 1. The first-order valence-electron chi connectivity index (χ1n) is 8.41. The van der Waals surface area contributed by atoms with Crippen molar-refractivity contribution in [3.63, 3.8) is 0 Å². The van der Waals surface area contributed by atoms with Crippen molar-refractivity contribution in [2.24, 2.45) is 0 Å². The second-order valence-corrected chi connectivity index (χ2v) is 8.46. The van der Waals surface area contributed by atoms with Crippen LogP contribution in [0.1, 0.15) is 12.0 Å². The van der Waals surface area contributed by atoms with Gasteiger partial charge in [-0.25, -0.2) is 17.1 Å². The van der Waals surface area contributed by atoms with Crippen molar-refractivity contribution in [3.05, 3.63) is 35.6 Å². The summed E-state index contributed by atoms with van der Waals surface area (Å²) in [6.45, 7) is 3.50. The molecule has 0 aromatic heterocycles. The predicted molar refractivity (Wildman–Crippen MR) is 95.2 cm³/mol. The molecule has 1 aromatic rings. The summed E-state index contributed by atoms with van der Waals surface area (Å²) < 4.78 is 38.2. The van der Waals surface area contributed by atoms with Crippen LogP contribution in [0, 0.1) is 5.82 Å². The van der Waals surface area contributed by atoms with Gasteiger partial charge in [0.1, 0.15) is 5.82 Å². The smallest absolute Gasteiger partial charge is 0.223 e. The lowest BCUT2D eigenvalue weighted by Gasteiger charge is -2.33. The summed E-state index contributed by atoms with van der Waals surface area (Å²) >= 11 is 0. The Morgan fingerprint density at radius 1 is 1.12 bits per heavy atom. The van der Waals surface area contributed by atoms with Crippen molar-refractivity contribution in [2.45, 2.75) is 12.8 Å². The molecule has 2 rings (SSSR count). The van der Waals surface area contributed by atoms with Gasteiger partial charge in [-0.1, -0.05) is 12.1 Å². The third-order valence-corrected chi connectivity index (χ3v) is 5.77. The van der Waals surface area contributed by atoms with Gasteiger partial charge in [-0.15, -0.1) is 0 Å². The van der Waals surface area contributed by atoms with Crippen LogP contribution in [0.4, 0.5) is 4.39 Å². The predicted octanol–water partition coefficient (Wildman–Crippen LogP) is 0.794. The van der Waals surface area contributed by atoms with Gasteiger partial charge in [0.05, 0.1) is 6.26 Å². The highest BCUT2D eigenvalue weighted by Gasteiger charge is 2.22. The number of likely N-dealkylation sites (N-methyl/N-ethyl adjacent to an activating group) is 1. The van der Waals surface area contributed by atoms with Crippen LogP contribution in [-0.2, 0) is 21.2 Å². The number of hydrogen-bond donors (Lipinski definition) is 0. The average Bonchev–Trinajstić information content (AvgIpc) is 2.55.